The van der Waals surface area contributed by atoms with Gasteiger partial charge in [0.1, 0.15) is 11.4 Å². The number of amides is 1. The van der Waals surface area contributed by atoms with E-state index >= 15 is 0 Å². The summed E-state index contributed by atoms with van der Waals surface area (Å²) < 4.78 is 7.10. The maximum atomic E-state index is 13.8. The number of carbonyl (C=O) groups is 1. The van der Waals surface area contributed by atoms with Crippen molar-refractivity contribution in [2.75, 3.05) is 20.2 Å². The highest BCUT2D eigenvalue weighted by Crippen LogP contribution is 2.28. The van der Waals surface area contributed by atoms with Gasteiger partial charge >= 0.3 is 0 Å². The quantitative estimate of drug-likeness (QED) is 0.328. The van der Waals surface area contributed by atoms with Gasteiger partial charge in [0, 0.05) is 18.7 Å². The molecule has 5 nitrogen and oxygen atoms in total. The molecule has 0 spiro atoms. The highest BCUT2D eigenvalue weighted by molar-refractivity contribution is 5.94. The van der Waals surface area contributed by atoms with Gasteiger partial charge in [-0.05, 0) is 92.1 Å². The third-order valence-corrected chi connectivity index (χ3v) is 7.32. The van der Waals surface area contributed by atoms with Crippen LogP contribution in [0.15, 0.2) is 78.9 Å². The van der Waals surface area contributed by atoms with Gasteiger partial charge in [0.05, 0.1) is 18.5 Å². The molecule has 1 amide bonds. The number of piperidine rings is 1. The maximum Gasteiger partial charge on any atom is 0.272 e. The van der Waals surface area contributed by atoms with Crippen molar-refractivity contribution in [1.29, 1.82) is 0 Å². The molecule has 1 aliphatic rings. The van der Waals surface area contributed by atoms with Gasteiger partial charge in [0.2, 0.25) is 0 Å². The number of hydrogen-bond acceptors (Lipinski definition) is 3. The van der Waals surface area contributed by atoms with E-state index in [1.165, 1.54) is 16.7 Å². The largest absolute Gasteiger partial charge is 0.497 e. The molecule has 1 fully saturated rings. The number of methoxy groups -OCH3 is 1. The molecule has 0 unspecified atom stereocenters. The van der Waals surface area contributed by atoms with Gasteiger partial charge < -0.3 is 9.64 Å². The molecule has 5 heteroatoms. The number of rotatable bonds is 6. The molecule has 1 aromatic heterocycles. The number of hydrogen-bond donors (Lipinski definition) is 0. The SMILES string of the molecule is COc1ccc(-n2nc(-c3ccc(C)c(C)c3)cc2C(=O)N2CCC(Cc3ccccc3)CC2)cc1. The van der Waals surface area contributed by atoms with Crippen LogP contribution in [0.25, 0.3) is 16.9 Å². The van der Waals surface area contributed by atoms with E-state index < -0.39 is 0 Å². The summed E-state index contributed by atoms with van der Waals surface area (Å²) in [4.78, 5) is 15.8. The van der Waals surface area contributed by atoms with Crippen molar-refractivity contribution < 1.29 is 9.53 Å². The first-order valence-corrected chi connectivity index (χ1v) is 12.7. The number of aromatic nitrogens is 2. The lowest BCUT2D eigenvalue weighted by molar-refractivity contribution is 0.0681. The van der Waals surface area contributed by atoms with E-state index in [0.29, 0.717) is 11.6 Å². The van der Waals surface area contributed by atoms with Crippen LogP contribution in [0.2, 0.25) is 0 Å². The summed E-state index contributed by atoms with van der Waals surface area (Å²) in [6.07, 6.45) is 3.10. The predicted molar refractivity (Wildman–Crippen MR) is 144 cm³/mol. The minimum absolute atomic E-state index is 0.0339. The molecular formula is C31H33N3O2. The first-order valence-electron chi connectivity index (χ1n) is 12.7. The van der Waals surface area contributed by atoms with Crippen molar-refractivity contribution in [3.05, 3.63) is 101 Å². The average Bonchev–Trinajstić information content (AvgIpc) is 3.36. The zero-order valence-corrected chi connectivity index (χ0v) is 21.3. The molecule has 36 heavy (non-hydrogen) atoms. The van der Waals surface area contributed by atoms with E-state index in [1.54, 1.807) is 11.8 Å². The van der Waals surface area contributed by atoms with Crippen LogP contribution in [0.3, 0.4) is 0 Å². The molecule has 3 aromatic carbocycles. The van der Waals surface area contributed by atoms with Crippen LogP contribution >= 0.6 is 0 Å². The number of aryl methyl sites for hydroxylation is 2. The monoisotopic (exact) mass is 479 g/mol. The summed E-state index contributed by atoms with van der Waals surface area (Å²) in [5.41, 5.74) is 7.07. The normalized spacial score (nSPS) is 14.1. The van der Waals surface area contributed by atoms with Crippen LogP contribution in [0.1, 0.15) is 40.0 Å². The van der Waals surface area contributed by atoms with Crippen molar-refractivity contribution in [3.63, 3.8) is 0 Å². The molecule has 4 aromatic rings. The van der Waals surface area contributed by atoms with Crippen molar-refractivity contribution >= 4 is 5.91 Å². The number of carbonyl (C=O) groups excluding carboxylic acids is 1. The molecule has 5 rings (SSSR count). The van der Waals surface area contributed by atoms with Gasteiger partial charge in [-0.3, -0.25) is 4.79 Å². The van der Waals surface area contributed by atoms with Gasteiger partial charge in [-0.2, -0.15) is 5.10 Å². The van der Waals surface area contributed by atoms with Crippen LogP contribution in [-0.2, 0) is 6.42 Å². The van der Waals surface area contributed by atoms with E-state index in [2.05, 4.69) is 62.4 Å². The molecule has 1 aliphatic heterocycles. The first-order chi connectivity index (χ1) is 17.5. The minimum Gasteiger partial charge on any atom is -0.497 e. The zero-order valence-electron chi connectivity index (χ0n) is 21.3. The van der Waals surface area contributed by atoms with Gasteiger partial charge in [-0.1, -0.05) is 42.5 Å². The fourth-order valence-corrected chi connectivity index (χ4v) is 4.95. The van der Waals surface area contributed by atoms with Crippen LogP contribution in [0.5, 0.6) is 5.75 Å². The van der Waals surface area contributed by atoms with Crippen molar-refractivity contribution in [2.45, 2.75) is 33.1 Å². The summed E-state index contributed by atoms with van der Waals surface area (Å²) in [6.45, 7) is 5.74. The van der Waals surface area contributed by atoms with Gasteiger partial charge in [-0.25, -0.2) is 4.68 Å². The van der Waals surface area contributed by atoms with E-state index in [4.69, 9.17) is 9.84 Å². The second-order valence-corrected chi connectivity index (χ2v) is 9.75. The van der Waals surface area contributed by atoms with E-state index in [1.807, 2.05) is 35.2 Å². The molecule has 184 valence electrons. The fraction of sp³-hybridized carbons (Fsp3) is 0.290. The van der Waals surface area contributed by atoms with Crippen LogP contribution in [0.4, 0.5) is 0 Å². The van der Waals surface area contributed by atoms with Crippen molar-refractivity contribution in [3.8, 4) is 22.7 Å². The lowest BCUT2D eigenvalue weighted by Crippen LogP contribution is -2.39. The first kappa shape index (κ1) is 23.9. The molecular weight excluding hydrogens is 446 g/mol. The Morgan fingerprint density at radius 1 is 0.917 bits per heavy atom. The highest BCUT2D eigenvalue weighted by atomic mass is 16.5. The third kappa shape index (κ3) is 5.06. The van der Waals surface area contributed by atoms with E-state index in [9.17, 15) is 4.79 Å². The lowest BCUT2D eigenvalue weighted by Gasteiger charge is -2.32. The zero-order chi connectivity index (χ0) is 25.1. The molecule has 1 saturated heterocycles. The Bertz CT molecular complexity index is 1330. The number of nitrogens with zero attached hydrogens (tertiary/aromatic N) is 3. The van der Waals surface area contributed by atoms with Crippen LogP contribution in [-0.4, -0.2) is 40.8 Å². The van der Waals surface area contributed by atoms with Crippen LogP contribution < -0.4 is 4.74 Å². The lowest BCUT2D eigenvalue weighted by atomic mass is 9.90. The Morgan fingerprint density at radius 3 is 2.31 bits per heavy atom. The fourth-order valence-electron chi connectivity index (χ4n) is 4.95. The molecule has 0 N–H and O–H groups in total. The Labute approximate surface area is 213 Å². The summed E-state index contributed by atoms with van der Waals surface area (Å²) in [6, 6.07) is 26.6. The molecule has 0 atom stereocenters. The van der Waals surface area contributed by atoms with E-state index in [-0.39, 0.29) is 5.91 Å². The third-order valence-electron chi connectivity index (χ3n) is 7.32. The number of benzene rings is 3. The molecule has 2 heterocycles. The Balaban J connectivity index is 1.41. The maximum absolute atomic E-state index is 13.8. The number of likely N-dealkylation sites (tertiary alicyclic amines) is 1. The van der Waals surface area contributed by atoms with Gasteiger partial charge in [-0.15, -0.1) is 0 Å². The summed E-state index contributed by atoms with van der Waals surface area (Å²) in [5.74, 6) is 1.41. The average molecular weight is 480 g/mol. The Kier molecular flexibility index (Phi) is 6.90. The molecule has 0 bridgehead atoms. The summed E-state index contributed by atoms with van der Waals surface area (Å²) >= 11 is 0. The second-order valence-electron chi connectivity index (χ2n) is 9.75. The Hall–Kier alpha value is -3.86. The molecule has 0 radical (unpaired) electrons. The smallest absolute Gasteiger partial charge is 0.272 e. The van der Waals surface area contributed by atoms with Crippen molar-refractivity contribution in [2.24, 2.45) is 5.92 Å². The second kappa shape index (κ2) is 10.4. The molecule has 0 aliphatic carbocycles. The standard InChI is InChI=1S/C31H33N3O2/c1-22-9-10-26(19-23(22)2)29-21-30(34(32-29)27-11-13-28(36-3)14-12-27)31(35)33-17-15-25(16-18-33)20-24-7-5-4-6-8-24/h4-14,19,21,25H,15-18,20H2,1-3H3. The van der Waals surface area contributed by atoms with Crippen LogP contribution in [0, 0.1) is 19.8 Å². The summed E-state index contributed by atoms with van der Waals surface area (Å²) in [7, 11) is 1.65. The van der Waals surface area contributed by atoms with Gasteiger partial charge in [0.25, 0.3) is 5.91 Å². The minimum atomic E-state index is 0.0339. The van der Waals surface area contributed by atoms with Gasteiger partial charge in [0.15, 0.2) is 0 Å². The number of ether oxygens (including phenoxy) is 1. The topological polar surface area (TPSA) is 47.4 Å². The molecule has 0 saturated carbocycles. The highest BCUT2D eigenvalue weighted by Gasteiger charge is 2.27. The predicted octanol–water partition coefficient (Wildman–Crippen LogP) is 6.26. The van der Waals surface area contributed by atoms with Crippen molar-refractivity contribution in [1.82, 2.24) is 14.7 Å². The Morgan fingerprint density at radius 2 is 1.64 bits per heavy atom. The summed E-state index contributed by atoms with van der Waals surface area (Å²) in [5, 5.41) is 4.89. The van der Waals surface area contributed by atoms with E-state index in [0.717, 1.165) is 55.0 Å².